The van der Waals surface area contributed by atoms with Crippen molar-refractivity contribution in [1.82, 2.24) is 12.3 Å². The summed E-state index contributed by atoms with van der Waals surface area (Å²) < 4.78 is 0. The van der Waals surface area contributed by atoms with Gasteiger partial charge in [-0.2, -0.15) is 0 Å². The molecular formula is H8Br4N2Pd. The maximum atomic E-state index is 3.28. The van der Waals surface area contributed by atoms with E-state index in [-0.39, 0.29) is 12.3 Å². The molecule has 0 saturated carbocycles. The van der Waals surface area contributed by atoms with Crippen molar-refractivity contribution in [2.24, 2.45) is 0 Å². The van der Waals surface area contributed by atoms with Gasteiger partial charge in [0.1, 0.15) is 0 Å². The first-order chi connectivity index (χ1) is 2.00. The first kappa shape index (κ1) is 16.2. The SMILES string of the molecule is [Br][Pd-2]([Br])([Br])[Br].[NH4+].[NH4+]. The molecule has 7 heavy (non-hydrogen) atoms. The van der Waals surface area contributed by atoms with Crippen LogP contribution in [0.3, 0.4) is 0 Å². The van der Waals surface area contributed by atoms with Crippen molar-refractivity contribution >= 4 is 53.7 Å². The summed E-state index contributed by atoms with van der Waals surface area (Å²) in [5, 5.41) is 0. The third-order valence-corrected chi connectivity index (χ3v) is 0. The van der Waals surface area contributed by atoms with Crippen molar-refractivity contribution in [2.75, 3.05) is 0 Å². The summed E-state index contributed by atoms with van der Waals surface area (Å²) in [5.74, 6) is 0. The predicted molar refractivity (Wildman–Crippen MR) is 47.7 cm³/mol. The van der Waals surface area contributed by atoms with Gasteiger partial charge in [-0.15, -0.1) is 0 Å². The standard InChI is InChI=1S/4BrH.2H3N.Pd/h4*1H;2*1H3;/q;;;;;;+2/p-2. The smallest absolute Gasteiger partial charge is 0.369 e. The van der Waals surface area contributed by atoms with Gasteiger partial charge >= 0.3 is 61.2 Å². The van der Waals surface area contributed by atoms with E-state index in [1.54, 1.807) is 0 Å². The molecule has 0 aliphatic carbocycles. The molecule has 0 aromatic carbocycles. The molecule has 56 valence electrons. The minimum atomic E-state index is -1.45. The molecule has 0 amide bonds. The van der Waals surface area contributed by atoms with E-state index in [9.17, 15) is 0 Å². The summed E-state index contributed by atoms with van der Waals surface area (Å²) in [6.07, 6.45) is 0. The molecule has 0 radical (unpaired) electrons. The molecule has 0 bridgehead atoms. The summed E-state index contributed by atoms with van der Waals surface area (Å²) in [4.78, 5) is 0. The minimum Gasteiger partial charge on any atom is -0.369 e. The molecule has 0 aromatic heterocycles. The topological polar surface area (TPSA) is 73.0 Å². The second-order valence-corrected chi connectivity index (χ2v) is 43.3. The van der Waals surface area contributed by atoms with Crippen LogP contribution in [0.1, 0.15) is 0 Å². The molecule has 0 fully saturated rings. The fourth-order valence-electron chi connectivity index (χ4n) is 0. The largest absolute Gasteiger partial charge is 0.369 e. The molecule has 8 N–H and O–H groups in total. The summed E-state index contributed by atoms with van der Waals surface area (Å²) in [7, 11) is -1.45. The van der Waals surface area contributed by atoms with Gasteiger partial charge in [-0.05, 0) is 0 Å². The summed E-state index contributed by atoms with van der Waals surface area (Å²) in [5.41, 5.74) is 0. The molecule has 0 atom stereocenters. The van der Waals surface area contributed by atoms with Gasteiger partial charge in [0.15, 0.2) is 0 Å². The minimum absolute atomic E-state index is 0. The zero-order chi connectivity index (χ0) is 4.50. The molecule has 0 heterocycles. The van der Waals surface area contributed by atoms with E-state index >= 15 is 0 Å². The Morgan fingerprint density at radius 3 is 0.714 bits per heavy atom. The average Bonchev–Trinajstić information content (AvgIpc) is 0.722. The fourth-order valence-corrected chi connectivity index (χ4v) is 0. The predicted octanol–water partition coefficient (Wildman–Crippen LogP) is 4.13. The van der Waals surface area contributed by atoms with Gasteiger partial charge in [0.25, 0.3) is 0 Å². The van der Waals surface area contributed by atoms with Gasteiger partial charge in [-0.3, -0.25) is 0 Å². The van der Waals surface area contributed by atoms with E-state index in [1.807, 2.05) is 0 Å². The molecule has 0 unspecified atom stereocenters. The second-order valence-electron chi connectivity index (χ2n) is 0.271. The van der Waals surface area contributed by atoms with Crippen LogP contribution in [0, 0.1) is 0 Å². The zero-order valence-corrected chi connectivity index (χ0v) is 11.7. The summed E-state index contributed by atoms with van der Waals surface area (Å²) in [6, 6.07) is 0. The Balaban J connectivity index is -0.0000000800. The average molecular weight is 462 g/mol. The van der Waals surface area contributed by atoms with Gasteiger partial charge in [0.05, 0.1) is 0 Å². The van der Waals surface area contributed by atoms with Crippen LogP contribution in [0.25, 0.3) is 0 Å². The van der Waals surface area contributed by atoms with E-state index in [0.29, 0.717) is 0 Å². The van der Waals surface area contributed by atoms with Crippen LogP contribution >= 0.6 is 53.7 Å². The maximum Gasteiger partial charge on any atom is -0.369 e. The van der Waals surface area contributed by atoms with Crippen LogP contribution < -0.4 is 12.3 Å². The van der Waals surface area contributed by atoms with Gasteiger partial charge in [0.2, 0.25) is 0 Å². The van der Waals surface area contributed by atoms with Crippen LogP contribution in [0.15, 0.2) is 0 Å². The summed E-state index contributed by atoms with van der Waals surface area (Å²) in [6.45, 7) is 0. The van der Waals surface area contributed by atoms with Gasteiger partial charge in [-0.25, -0.2) is 0 Å². The van der Waals surface area contributed by atoms with Crippen molar-refractivity contribution in [1.29, 1.82) is 0 Å². The van der Waals surface area contributed by atoms with Crippen LogP contribution in [0.5, 0.6) is 0 Å². The first-order valence-electron chi connectivity index (χ1n) is 0.478. The number of hydrogen-bond donors (Lipinski definition) is 2. The molecule has 0 aliphatic rings. The van der Waals surface area contributed by atoms with Crippen LogP contribution in [0.4, 0.5) is 0 Å². The first-order valence-corrected chi connectivity index (χ1v) is 14.7. The van der Waals surface area contributed by atoms with Crippen molar-refractivity contribution in [3.8, 4) is 0 Å². The Morgan fingerprint density at radius 2 is 0.714 bits per heavy atom. The Bertz CT molecular complexity index is 25.2. The fraction of sp³-hybridized carbons (Fsp3) is 0. The third kappa shape index (κ3) is 57.4. The molecule has 0 rings (SSSR count). The van der Waals surface area contributed by atoms with Crippen molar-refractivity contribution in [3.05, 3.63) is 0 Å². The molecule has 0 aliphatic heterocycles. The number of rotatable bonds is 0. The third-order valence-electron chi connectivity index (χ3n) is 0. The van der Waals surface area contributed by atoms with Gasteiger partial charge in [-0.1, -0.05) is 0 Å². The molecule has 7 heteroatoms. The van der Waals surface area contributed by atoms with Gasteiger partial charge in [0, 0.05) is 0 Å². The Kier molecular flexibility index (Phi) is 15.4. The van der Waals surface area contributed by atoms with E-state index in [4.69, 9.17) is 0 Å². The number of hydrogen-bond acceptors (Lipinski definition) is 0. The van der Waals surface area contributed by atoms with Crippen LogP contribution in [-0.4, -0.2) is 0 Å². The zero-order valence-electron chi connectivity index (χ0n) is 3.83. The van der Waals surface area contributed by atoms with Crippen molar-refractivity contribution in [2.45, 2.75) is 0 Å². The number of halogens is 4. The van der Waals surface area contributed by atoms with Crippen LogP contribution in [0.2, 0.25) is 0 Å². The quantitative estimate of drug-likeness (QED) is 0.509. The van der Waals surface area contributed by atoms with Crippen molar-refractivity contribution < 1.29 is 7.47 Å². The normalized spacial score (nSPS) is 10.9. The van der Waals surface area contributed by atoms with Gasteiger partial charge < -0.3 is 12.3 Å². The second kappa shape index (κ2) is 6.62. The Hall–Kier alpha value is 2.50. The molecule has 0 aromatic rings. The monoisotopic (exact) mass is 458 g/mol. The maximum absolute atomic E-state index is 3.28. The Morgan fingerprint density at radius 1 is 0.714 bits per heavy atom. The van der Waals surface area contributed by atoms with E-state index in [0.717, 1.165) is 0 Å². The van der Waals surface area contributed by atoms with Crippen molar-refractivity contribution in [3.63, 3.8) is 0 Å². The molecule has 2 nitrogen and oxygen atoms in total. The molecule has 0 spiro atoms. The van der Waals surface area contributed by atoms with E-state index in [1.165, 1.54) is 0 Å². The van der Waals surface area contributed by atoms with E-state index < -0.39 is 7.47 Å². The Labute approximate surface area is 72.3 Å². The summed E-state index contributed by atoms with van der Waals surface area (Å²) >= 11 is 13.1. The van der Waals surface area contributed by atoms with E-state index in [2.05, 4.69) is 53.7 Å². The molecular weight excluding hydrogens is 454 g/mol. The molecule has 0 saturated heterocycles. The number of quaternary nitrogens is 2. The van der Waals surface area contributed by atoms with Crippen LogP contribution in [-0.2, 0) is 7.47 Å².